The first-order valence-corrected chi connectivity index (χ1v) is 8.43. The number of nitrogens with two attached hydrogens (primary N) is 1. The van der Waals surface area contributed by atoms with Crippen LogP contribution in [-0.4, -0.2) is 31.5 Å². The Morgan fingerprint density at radius 2 is 2.14 bits per heavy atom. The largest absolute Gasteiger partial charge is 0.306 e. The zero-order chi connectivity index (χ0) is 16.7. The zero-order valence-corrected chi connectivity index (χ0v) is 13.2. The molecular formula is C12H14ClN3O5S. The lowest BCUT2D eigenvalue weighted by Crippen LogP contribution is -2.28. The molecule has 1 fully saturated rings. The van der Waals surface area contributed by atoms with Crippen LogP contribution in [0.15, 0.2) is 12.1 Å². The van der Waals surface area contributed by atoms with Crippen molar-refractivity contribution in [3.8, 4) is 0 Å². The van der Waals surface area contributed by atoms with Crippen LogP contribution in [0.4, 0.5) is 11.4 Å². The highest BCUT2D eigenvalue weighted by Crippen LogP contribution is 2.38. The molecule has 8 nitrogen and oxygen atoms in total. The summed E-state index contributed by atoms with van der Waals surface area (Å²) in [7, 11) is -3.71. The number of carbonyl (C=O) groups is 1. The van der Waals surface area contributed by atoms with Gasteiger partial charge in [-0.15, -0.1) is 0 Å². The molecule has 1 aromatic carbocycles. The Bertz CT molecular complexity index is 749. The highest BCUT2D eigenvalue weighted by molar-refractivity contribution is 7.89. The van der Waals surface area contributed by atoms with E-state index in [9.17, 15) is 23.3 Å². The maximum Gasteiger partial charge on any atom is 0.294 e. The molecule has 0 radical (unpaired) electrons. The number of carbonyl (C=O) groups excluding carboxylic acids is 1. The Hall–Kier alpha value is -1.71. The van der Waals surface area contributed by atoms with Crippen LogP contribution in [0.1, 0.15) is 12.0 Å². The molecule has 1 heterocycles. The van der Waals surface area contributed by atoms with Gasteiger partial charge in [-0.3, -0.25) is 14.9 Å². The number of primary sulfonamides is 1. The molecule has 0 aliphatic carbocycles. The van der Waals surface area contributed by atoms with Gasteiger partial charge in [0, 0.05) is 30.0 Å². The van der Waals surface area contributed by atoms with Crippen molar-refractivity contribution in [1.29, 1.82) is 0 Å². The van der Waals surface area contributed by atoms with Crippen molar-refractivity contribution < 1.29 is 18.1 Å². The average molecular weight is 348 g/mol. The van der Waals surface area contributed by atoms with Crippen LogP contribution in [0.3, 0.4) is 0 Å². The number of hydrogen-bond acceptors (Lipinski definition) is 5. The van der Waals surface area contributed by atoms with E-state index in [2.05, 4.69) is 0 Å². The average Bonchev–Trinajstić information content (AvgIpc) is 2.66. The molecule has 1 amide bonds. The van der Waals surface area contributed by atoms with E-state index in [1.165, 1.54) is 17.0 Å². The van der Waals surface area contributed by atoms with E-state index in [0.29, 0.717) is 5.56 Å². The highest BCUT2D eigenvalue weighted by atomic mass is 35.5. The number of benzene rings is 1. The van der Waals surface area contributed by atoms with E-state index in [1.54, 1.807) is 6.92 Å². The SMILES string of the molecule is Cc1cc(Cl)cc([N+](=O)[O-])c1N1CC(CS(N)(=O)=O)CC1=O. The van der Waals surface area contributed by atoms with Crippen molar-refractivity contribution in [3.05, 3.63) is 32.8 Å². The zero-order valence-electron chi connectivity index (χ0n) is 11.7. The van der Waals surface area contributed by atoms with Crippen molar-refractivity contribution in [3.63, 3.8) is 0 Å². The van der Waals surface area contributed by atoms with Crippen LogP contribution < -0.4 is 10.0 Å². The number of hydrogen-bond donors (Lipinski definition) is 1. The van der Waals surface area contributed by atoms with Crippen LogP contribution in [0.5, 0.6) is 0 Å². The van der Waals surface area contributed by atoms with Crippen LogP contribution in [0.25, 0.3) is 0 Å². The van der Waals surface area contributed by atoms with Crippen LogP contribution in [0.2, 0.25) is 5.02 Å². The van der Waals surface area contributed by atoms with Gasteiger partial charge in [-0.1, -0.05) is 11.6 Å². The Morgan fingerprint density at radius 1 is 1.50 bits per heavy atom. The molecule has 0 aromatic heterocycles. The summed E-state index contributed by atoms with van der Waals surface area (Å²) in [6.45, 7) is 1.67. The number of amides is 1. The fraction of sp³-hybridized carbons (Fsp3) is 0.417. The van der Waals surface area contributed by atoms with Gasteiger partial charge in [0.05, 0.1) is 10.7 Å². The molecule has 0 saturated carbocycles. The van der Waals surface area contributed by atoms with E-state index >= 15 is 0 Å². The molecule has 0 bridgehead atoms. The third-order valence-corrected chi connectivity index (χ3v) is 4.54. The number of nitro benzene ring substituents is 1. The van der Waals surface area contributed by atoms with Gasteiger partial charge < -0.3 is 4.90 Å². The molecule has 0 spiro atoms. The van der Waals surface area contributed by atoms with Crippen LogP contribution >= 0.6 is 11.6 Å². The summed E-state index contributed by atoms with van der Waals surface area (Å²) in [5, 5.41) is 16.4. The quantitative estimate of drug-likeness (QED) is 0.647. The first kappa shape index (κ1) is 16.7. The smallest absolute Gasteiger partial charge is 0.294 e. The second-order valence-electron chi connectivity index (χ2n) is 5.25. The van der Waals surface area contributed by atoms with Crippen molar-refractivity contribution in [2.45, 2.75) is 13.3 Å². The summed E-state index contributed by atoms with van der Waals surface area (Å²) < 4.78 is 22.3. The molecule has 2 rings (SSSR count). The van der Waals surface area contributed by atoms with Crippen molar-refractivity contribution >= 4 is 38.9 Å². The fourth-order valence-electron chi connectivity index (χ4n) is 2.65. The van der Waals surface area contributed by atoms with Crippen molar-refractivity contribution in [2.24, 2.45) is 11.1 Å². The maximum atomic E-state index is 12.1. The molecule has 1 saturated heterocycles. The summed E-state index contributed by atoms with van der Waals surface area (Å²) in [5.41, 5.74) is 0.342. The summed E-state index contributed by atoms with van der Waals surface area (Å²) in [5.74, 6) is -1.20. The van der Waals surface area contributed by atoms with E-state index < -0.39 is 20.9 Å². The lowest BCUT2D eigenvalue weighted by molar-refractivity contribution is -0.384. The second kappa shape index (κ2) is 5.82. The molecule has 1 aliphatic rings. The lowest BCUT2D eigenvalue weighted by Gasteiger charge is -2.19. The van der Waals surface area contributed by atoms with E-state index in [-0.39, 0.29) is 41.0 Å². The lowest BCUT2D eigenvalue weighted by atomic mass is 10.1. The number of anilines is 1. The number of nitrogens with zero attached hydrogens (tertiary/aromatic N) is 2. The van der Waals surface area contributed by atoms with E-state index in [4.69, 9.17) is 16.7 Å². The normalized spacial score (nSPS) is 18.8. The predicted molar refractivity (Wildman–Crippen MR) is 81.3 cm³/mol. The minimum atomic E-state index is -3.71. The molecule has 22 heavy (non-hydrogen) atoms. The predicted octanol–water partition coefficient (Wildman–Crippen LogP) is 1.20. The molecule has 1 aliphatic heterocycles. The maximum absolute atomic E-state index is 12.1. The first-order valence-electron chi connectivity index (χ1n) is 6.34. The van der Waals surface area contributed by atoms with Gasteiger partial charge in [0.2, 0.25) is 15.9 Å². The molecule has 1 aromatic rings. The number of halogens is 1. The minimum Gasteiger partial charge on any atom is -0.306 e. The van der Waals surface area contributed by atoms with E-state index in [0.717, 1.165) is 0 Å². The molecule has 1 unspecified atom stereocenters. The minimum absolute atomic E-state index is 0.0182. The summed E-state index contributed by atoms with van der Waals surface area (Å²) in [4.78, 5) is 23.9. The molecular weight excluding hydrogens is 334 g/mol. The highest BCUT2D eigenvalue weighted by Gasteiger charge is 2.36. The summed E-state index contributed by atoms with van der Waals surface area (Å²) >= 11 is 5.82. The standard InChI is InChI=1S/C12H14ClN3O5S/c1-7-2-9(13)4-10(16(18)19)12(7)15-5-8(3-11(15)17)6-22(14,20)21/h2,4,8H,3,5-6H2,1H3,(H2,14,20,21). The van der Waals surface area contributed by atoms with E-state index in [1.807, 2.05) is 0 Å². The Morgan fingerprint density at radius 3 is 2.68 bits per heavy atom. The summed E-state index contributed by atoms with van der Waals surface area (Å²) in [6, 6.07) is 2.69. The van der Waals surface area contributed by atoms with Crippen molar-refractivity contribution in [2.75, 3.05) is 17.2 Å². The second-order valence-corrected chi connectivity index (χ2v) is 7.35. The van der Waals surface area contributed by atoms with Gasteiger partial charge in [0.1, 0.15) is 5.69 Å². The number of rotatable bonds is 4. The number of sulfonamides is 1. The third-order valence-electron chi connectivity index (χ3n) is 3.38. The van der Waals surface area contributed by atoms with Gasteiger partial charge in [0.15, 0.2) is 0 Å². The Kier molecular flexibility index (Phi) is 4.41. The topological polar surface area (TPSA) is 124 Å². The van der Waals surface area contributed by atoms with Gasteiger partial charge in [-0.2, -0.15) is 0 Å². The number of aryl methyl sites for hydroxylation is 1. The molecule has 120 valence electrons. The first-order chi connectivity index (χ1) is 10.1. The number of nitro groups is 1. The van der Waals surface area contributed by atoms with Gasteiger partial charge >= 0.3 is 0 Å². The van der Waals surface area contributed by atoms with Crippen LogP contribution in [0, 0.1) is 23.0 Å². The molecule has 1 atom stereocenters. The third kappa shape index (κ3) is 3.54. The fourth-order valence-corrected chi connectivity index (χ4v) is 3.79. The molecule has 2 N–H and O–H groups in total. The van der Waals surface area contributed by atoms with Gasteiger partial charge in [0.25, 0.3) is 5.69 Å². The van der Waals surface area contributed by atoms with Crippen LogP contribution in [-0.2, 0) is 14.8 Å². The monoisotopic (exact) mass is 347 g/mol. The van der Waals surface area contributed by atoms with Gasteiger partial charge in [-0.25, -0.2) is 13.6 Å². The Labute approximate surface area is 132 Å². The summed E-state index contributed by atoms with van der Waals surface area (Å²) in [6.07, 6.45) is -0.0182. The van der Waals surface area contributed by atoms with Crippen molar-refractivity contribution in [1.82, 2.24) is 0 Å². The van der Waals surface area contributed by atoms with Gasteiger partial charge in [-0.05, 0) is 18.6 Å². The molecule has 10 heteroatoms. The Balaban J connectivity index is 2.40.